The van der Waals surface area contributed by atoms with E-state index in [1.165, 1.54) is 56.1 Å². The molecular weight excluding hydrogens is 248 g/mol. The topological polar surface area (TPSA) is 42.4 Å². The van der Waals surface area contributed by atoms with Crippen LogP contribution < -0.4 is 5.73 Å². The summed E-state index contributed by atoms with van der Waals surface area (Å²) in [6.07, 6.45) is 6.76. The number of hydrogen-bond donors (Lipinski definition) is 1. The Balaban J connectivity index is 1.84. The average molecular weight is 272 g/mol. The summed E-state index contributed by atoms with van der Waals surface area (Å²) in [6, 6.07) is 8.28. The second-order valence-corrected chi connectivity index (χ2v) is 5.75. The Labute approximate surface area is 120 Å². The van der Waals surface area contributed by atoms with Gasteiger partial charge in [0.25, 0.3) is 0 Å². The van der Waals surface area contributed by atoms with Crippen molar-refractivity contribution in [3.8, 4) is 0 Å². The molecule has 0 aliphatic carbocycles. The first-order valence-electron chi connectivity index (χ1n) is 7.80. The van der Waals surface area contributed by atoms with E-state index in [2.05, 4.69) is 17.0 Å². The Bertz CT molecular complexity index is 553. The van der Waals surface area contributed by atoms with Crippen LogP contribution in [0, 0.1) is 0 Å². The first-order chi connectivity index (χ1) is 9.88. The summed E-state index contributed by atoms with van der Waals surface area (Å²) in [5.74, 6) is 0.952. The lowest BCUT2D eigenvalue weighted by atomic mass is 10.1. The van der Waals surface area contributed by atoms with Crippen molar-refractivity contribution in [1.29, 1.82) is 0 Å². The lowest BCUT2D eigenvalue weighted by Gasteiger charge is -2.24. The lowest BCUT2D eigenvalue weighted by Crippen LogP contribution is -2.27. The maximum Gasteiger partial charge on any atom is 0.134 e. The summed E-state index contributed by atoms with van der Waals surface area (Å²) < 4.78 is 5.89. The zero-order valence-electron chi connectivity index (χ0n) is 12.1. The van der Waals surface area contributed by atoms with Gasteiger partial charge in [-0.2, -0.15) is 0 Å². The first-order valence-corrected chi connectivity index (χ1v) is 7.80. The van der Waals surface area contributed by atoms with Gasteiger partial charge in [-0.3, -0.25) is 4.90 Å². The van der Waals surface area contributed by atoms with Crippen LogP contribution >= 0.6 is 0 Å². The van der Waals surface area contributed by atoms with Crippen molar-refractivity contribution in [2.45, 2.75) is 45.2 Å². The molecular formula is C17H24N2O. The van der Waals surface area contributed by atoms with Gasteiger partial charge in [-0.1, -0.05) is 37.5 Å². The van der Waals surface area contributed by atoms with Crippen molar-refractivity contribution in [2.75, 3.05) is 13.1 Å². The van der Waals surface area contributed by atoms with Crippen molar-refractivity contribution in [3.05, 3.63) is 35.6 Å². The van der Waals surface area contributed by atoms with Gasteiger partial charge in [0.05, 0.1) is 6.54 Å². The molecule has 0 bridgehead atoms. The molecule has 1 aromatic carbocycles. The molecule has 108 valence electrons. The zero-order chi connectivity index (χ0) is 13.8. The third-order valence-corrected chi connectivity index (χ3v) is 4.30. The largest absolute Gasteiger partial charge is 0.459 e. The molecule has 2 N–H and O–H groups in total. The van der Waals surface area contributed by atoms with Crippen LogP contribution in [-0.2, 0) is 13.1 Å². The lowest BCUT2D eigenvalue weighted by molar-refractivity contribution is 0.239. The molecule has 20 heavy (non-hydrogen) atoms. The van der Waals surface area contributed by atoms with E-state index in [-0.39, 0.29) is 0 Å². The summed E-state index contributed by atoms with van der Waals surface area (Å²) in [5, 5.41) is 1.23. The third kappa shape index (κ3) is 2.89. The van der Waals surface area contributed by atoms with Crippen LogP contribution in [-0.4, -0.2) is 18.0 Å². The molecule has 3 nitrogen and oxygen atoms in total. The Morgan fingerprint density at radius 1 is 1.00 bits per heavy atom. The molecule has 2 heterocycles. The van der Waals surface area contributed by atoms with Crippen LogP contribution in [0.3, 0.4) is 0 Å². The summed E-state index contributed by atoms with van der Waals surface area (Å²) in [5.41, 5.74) is 8.13. The maximum absolute atomic E-state index is 5.89. The molecule has 1 aliphatic rings. The smallest absolute Gasteiger partial charge is 0.134 e. The van der Waals surface area contributed by atoms with E-state index in [0.29, 0.717) is 6.54 Å². The minimum absolute atomic E-state index is 0.484. The number of furan rings is 1. The van der Waals surface area contributed by atoms with Gasteiger partial charge in [0.1, 0.15) is 11.3 Å². The SMILES string of the molecule is NCc1oc2ccccc2c1CN1CCCCCCC1. The van der Waals surface area contributed by atoms with E-state index in [0.717, 1.165) is 17.9 Å². The molecule has 1 saturated heterocycles. The minimum Gasteiger partial charge on any atom is -0.459 e. The molecule has 0 spiro atoms. The molecule has 1 fully saturated rings. The van der Waals surface area contributed by atoms with Crippen LogP contribution in [0.15, 0.2) is 28.7 Å². The summed E-state index contributed by atoms with van der Waals surface area (Å²) in [4.78, 5) is 2.57. The van der Waals surface area contributed by atoms with Crippen LogP contribution in [0.1, 0.15) is 43.4 Å². The monoisotopic (exact) mass is 272 g/mol. The van der Waals surface area contributed by atoms with E-state index >= 15 is 0 Å². The normalized spacial score (nSPS) is 18.1. The van der Waals surface area contributed by atoms with Crippen molar-refractivity contribution in [2.24, 2.45) is 5.73 Å². The second kappa shape index (κ2) is 6.42. The predicted octanol–water partition coefficient (Wildman–Crippen LogP) is 3.66. The molecule has 1 aromatic heterocycles. The molecule has 3 heteroatoms. The molecule has 0 atom stereocenters. The van der Waals surface area contributed by atoms with Crippen molar-refractivity contribution in [3.63, 3.8) is 0 Å². The van der Waals surface area contributed by atoms with E-state index < -0.39 is 0 Å². The van der Waals surface area contributed by atoms with Crippen LogP contribution in [0.2, 0.25) is 0 Å². The van der Waals surface area contributed by atoms with Gasteiger partial charge in [-0.05, 0) is 32.0 Å². The van der Waals surface area contributed by atoms with Gasteiger partial charge in [-0.25, -0.2) is 0 Å². The molecule has 2 aromatic rings. The third-order valence-electron chi connectivity index (χ3n) is 4.30. The number of fused-ring (bicyclic) bond motifs is 1. The van der Waals surface area contributed by atoms with E-state index in [1.807, 2.05) is 12.1 Å². The molecule has 0 unspecified atom stereocenters. The highest BCUT2D eigenvalue weighted by Crippen LogP contribution is 2.27. The standard InChI is InChI=1S/C17H24N2O/c18-12-17-15(14-8-4-5-9-16(14)20-17)13-19-10-6-2-1-3-7-11-19/h4-5,8-9H,1-3,6-7,10-13,18H2. The van der Waals surface area contributed by atoms with Gasteiger partial charge in [0, 0.05) is 17.5 Å². The quantitative estimate of drug-likeness (QED) is 0.927. The van der Waals surface area contributed by atoms with Crippen LogP contribution in [0.25, 0.3) is 11.0 Å². The zero-order valence-corrected chi connectivity index (χ0v) is 12.1. The number of para-hydroxylation sites is 1. The highest BCUT2D eigenvalue weighted by atomic mass is 16.3. The second-order valence-electron chi connectivity index (χ2n) is 5.75. The van der Waals surface area contributed by atoms with Gasteiger partial charge in [0.2, 0.25) is 0 Å². The Morgan fingerprint density at radius 2 is 1.70 bits per heavy atom. The highest BCUT2D eigenvalue weighted by molar-refractivity contribution is 5.82. The van der Waals surface area contributed by atoms with Crippen molar-refractivity contribution in [1.82, 2.24) is 4.90 Å². The molecule has 0 saturated carbocycles. The summed E-state index contributed by atoms with van der Waals surface area (Å²) in [6.45, 7) is 3.86. The van der Waals surface area contributed by atoms with E-state index in [4.69, 9.17) is 10.2 Å². The molecule has 0 radical (unpaired) electrons. The van der Waals surface area contributed by atoms with Crippen molar-refractivity contribution >= 4 is 11.0 Å². The Kier molecular flexibility index (Phi) is 4.38. The predicted molar refractivity (Wildman–Crippen MR) is 82.5 cm³/mol. The fourth-order valence-electron chi connectivity index (χ4n) is 3.18. The van der Waals surface area contributed by atoms with Crippen LogP contribution in [0.5, 0.6) is 0 Å². The van der Waals surface area contributed by atoms with E-state index in [1.54, 1.807) is 0 Å². The van der Waals surface area contributed by atoms with Gasteiger partial charge < -0.3 is 10.2 Å². The van der Waals surface area contributed by atoms with Gasteiger partial charge >= 0.3 is 0 Å². The maximum atomic E-state index is 5.89. The number of benzene rings is 1. The fraction of sp³-hybridized carbons (Fsp3) is 0.529. The molecule has 3 rings (SSSR count). The van der Waals surface area contributed by atoms with Crippen LogP contribution in [0.4, 0.5) is 0 Å². The summed E-state index contributed by atoms with van der Waals surface area (Å²) in [7, 11) is 0. The number of hydrogen-bond acceptors (Lipinski definition) is 3. The number of nitrogens with two attached hydrogens (primary N) is 1. The summed E-state index contributed by atoms with van der Waals surface area (Å²) >= 11 is 0. The van der Waals surface area contributed by atoms with Crippen molar-refractivity contribution < 1.29 is 4.42 Å². The first kappa shape index (κ1) is 13.7. The number of nitrogens with zero attached hydrogens (tertiary/aromatic N) is 1. The molecule has 0 amide bonds. The van der Waals surface area contributed by atoms with E-state index in [9.17, 15) is 0 Å². The minimum atomic E-state index is 0.484. The fourth-order valence-corrected chi connectivity index (χ4v) is 3.18. The number of rotatable bonds is 3. The Morgan fingerprint density at radius 3 is 2.45 bits per heavy atom. The highest BCUT2D eigenvalue weighted by Gasteiger charge is 2.16. The number of likely N-dealkylation sites (tertiary alicyclic amines) is 1. The van der Waals surface area contributed by atoms with Gasteiger partial charge in [0.15, 0.2) is 0 Å². The average Bonchev–Trinajstić information content (AvgIpc) is 2.79. The van der Waals surface area contributed by atoms with Gasteiger partial charge in [-0.15, -0.1) is 0 Å². The Hall–Kier alpha value is -1.32. The molecule has 1 aliphatic heterocycles.